The van der Waals surface area contributed by atoms with Gasteiger partial charge in [0.2, 0.25) is 0 Å². The zero-order valence-corrected chi connectivity index (χ0v) is 12.0. The lowest BCUT2D eigenvalue weighted by Gasteiger charge is -2.36. The lowest BCUT2D eigenvalue weighted by molar-refractivity contribution is 0.0897. The molecule has 0 unspecified atom stereocenters. The van der Waals surface area contributed by atoms with Crippen molar-refractivity contribution in [1.29, 1.82) is 0 Å². The average Bonchev–Trinajstić information content (AvgIpc) is 2.86. The quantitative estimate of drug-likeness (QED) is 0.784. The SMILES string of the molecule is CN(C)C1(CNC(=O)c2ccc(O)cc2O)CCCC1. The third-order valence-electron chi connectivity index (χ3n) is 4.29. The Morgan fingerprint density at radius 1 is 1.30 bits per heavy atom. The van der Waals surface area contributed by atoms with Crippen LogP contribution in [0.15, 0.2) is 18.2 Å². The van der Waals surface area contributed by atoms with Gasteiger partial charge in [0, 0.05) is 18.2 Å². The largest absolute Gasteiger partial charge is 0.508 e. The summed E-state index contributed by atoms with van der Waals surface area (Å²) in [6, 6.07) is 4.00. The van der Waals surface area contributed by atoms with E-state index in [1.165, 1.54) is 31.0 Å². The first kappa shape index (κ1) is 14.7. The molecule has 3 N–H and O–H groups in total. The number of phenols is 2. The van der Waals surface area contributed by atoms with E-state index in [1.54, 1.807) is 0 Å². The zero-order valence-electron chi connectivity index (χ0n) is 12.0. The number of carbonyl (C=O) groups excluding carboxylic acids is 1. The molecule has 0 radical (unpaired) electrons. The van der Waals surface area contributed by atoms with Crippen LogP contribution in [0.1, 0.15) is 36.0 Å². The Kier molecular flexibility index (Phi) is 4.18. The summed E-state index contributed by atoms with van der Waals surface area (Å²) in [5, 5.41) is 21.8. The van der Waals surface area contributed by atoms with Gasteiger partial charge in [0.05, 0.1) is 5.56 Å². The minimum absolute atomic E-state index is 0.0161. The first-order valence-corrected chi connectivity index (χ1v) is 6.92. The van der Waals surface area contributed by atoms with Crippen LogP contribution in [0.5, 0.6) is 11.5 Å². The van der Waals surface area contributed by atoms with Gasteiger partial charge in [-0.2, -0.15) is 0 Å². The van der Waals surface area contributed by atoms with E-state index in [4.69, 9.17) is 0 Å². The number of nitrogens with one attached hydrogen (secondary N) is 1. The first-order valence-electron chi connectivity index (χ1n) is 6.92. The molecular weight excluding hydrogens is 256 g/mol. The number of likely N-dealkylation sites (N-methyl/N-ethyl adjacent to an activating group) is 1. The molecule has 0 heterocycles. The molecule has 5 nitrogen and oxygen atoms in total. The normalized spacial score (nSPS) is 17.4. The van der Waals surface area contributed by atoms with Gasteiger partial charge in [-0.15, -0.1) is 0 Å². The minimum Gasteiger partial charge on any atom is -0.508 e. The summed E-state index contributed by atoms with van der Waals surface area (Å²) >= 11 is 0. The van der Waals surface area contributed by atoms with E-state index in [-0.39, 0.29) is 28.5 Å². The van der Waals surface area contributed by atoms with E-state index in [0.717, 1.165) is 12.8 Å². The Morgan fingerprint density at radius 3 is 2.50 bits per heavy atom. The highest BCUT2D eigenvalue weighted by Crippen LogP contribution is 2.33. The molecule has 1 aromatic rings. The Bertz CT molecular complexity index is 494. The van der Waals surface area contributed by atoms with Crippen LogP contribution in [0.2, 0.25) is 0 Å². The van der Waals surface area contributed by atoms with Crippen LogP contribution in [0, 0.1) is 0 Å². The maximum absolute atomic E-state index is 12.1. The van der Waals surface area contributed by atoms with Gasteiger partial charge in [-0.3, -0.25) is 4.79 Å². The second kappa shape index (κ2) is 5.71. The van der Waals surface area contributed by atoms with E-state index >= 15 is 0 Å². The van der Waals surface area contributed by atoms with Crippen molar-refractivity contribution < 1.29 is 15.0 Å². The summed E-state index contributed by atoms with van der Waals surface area (Å²) in [6.07, 6.45) is 4.50. The molecule has 2 rings (SSSR count). The van der Waals surface area contributed by atoms with Crippen LogP contribution >= 0.6 is 0 Å². The van der Waals surface area contributed by atoms with Crippen molar-refractivity contribution in [3.05, 3.63) is 23.8 Å². The lowest BCUT2D eigenvalue weighted by Crippen LogP contribution is -2.50. The fraction of sp³-hybridized carbons (Fsp3) is 0.533. The number of hydrogen-bond donors (Lipinski definition) is 3. The molecule has 20 heavy (non-hydrogen) atoms. The van der Waals surface area contributed by atoms with Gasteiger partial charge >= 0.3 is 0 Å². The van der Waals surface area contributed by atoms with Crippen LogP contribution in [0.3, 0.4) is 0 Å². The molecule has 0 atom stereocenters. The molecular formula is C15H22N2O3. The number of rotatable bonds is 4. The molecule has 1 saturated carbocycles. The molecule has 110 valence electrons. The standard InChI is InChI=1S/C15H22N2O3/c1-17(2)15(7-3-4-8-15)10-16-14(20)12-6-5-11(18)9-13(12)19/h5-6,9,18-19H,3-4,7-8,10H2,1-2H3,(H,16,20). The number of phenolic OH excluding ortho intramolecular Hbond substituents is 2. The molecule has 0 bridgehead atoms. The third-order valence-corrected chi connectivity index (χ3v) is 4.29. The highest BCUT2D eigenvalue weighted by molar-refractivity contribution is 5.97. The molecule has 0 aromatic heterocycles. The number of hydrogen-bond acceptors (Lipinski definition) is 4. The maximum Gasteiger partial charge on any atom is 0.255 e. The molecule has 1 amide bonds. The fourth-order valence-electron chi connectivity index (χ4n) is 2.87. The van der Waals surface area contributed by atoms with Gasteiger partial charge in [0.1, 0.15) is 11.5 Å². The Hall–Kier alpha value is -1.75. The van der Waals surface area contributed by atoms with Crippen LogP contribution in [-0.4, -0.2) is 47.2 Å². The van der Waals surface area contributed by atoms with Crippen molar-refractivity contribution in [2.45, 2.75) is 31.2 Å². The lowest BCUT2D eigenvalue weighted by atomic mass is 9.96. The topological polar surface area (TPSA) is 72.8 Å². The fourth-order valence-corrected chi connectivity index (χ4v) is 2.87. The summed E-state index contributed by atoms with van der Waals surface area (Å²) in [7, 11) is 4.07. The second-order valence-corrected chi connectivity index (χ2v) is 5.71. The number of amides is 1. The maximum atomic E-state index is 12.1. The van der Waals surface area contributed by atoms with Crippen molar-refractivity contribution in [1.82, 2.24) is 10.2 Å². The smallest absolute Gasteiger partial charge is 0.255 e. The number of benzene rings is 1. The molecule has 1 aromatic carbocycles. The number of nitrogens with zero attached hydrogens (tertiary/aromatic N) is 1. The Balaban J connectivity index is 2.04. The zero-order chi connectivity index (χ0) is 14.8. The number of aromatic hydroxyl groups is 2. The van der Waals surface area contributed by atoms with Crippen LogP contribution in [-0.2, 0) is 0 Å². The predicted octanol–water partition coefficient (Wildman–Crippen LogP) is 1.70. The number of carbonyl (C=O) groups is 1. The summed E-state index contributed by atoms with van der Waals surface area (Å²) in [6.45, 7) is 0.569. The summed E-state index contributed by atoms with van der Waals surface area (Å²) in [5.74, 6) is -0.567. The summed E-state index contributed by atoms with van der Waals surface area (Å²) in [5.41, 5.74) is 0.206. The van der Waals surface area contributed by atoms with E-state index < -0.39 is 0 Å². The molecule has 1 fully saturated rings. The molecule has 5 heteroatoms. The Morgan fingerprint density at radius 2 is 1.95 bits per heavy atom. The van der Waals surface area contributed by atoms with E-state index in [2.05, 4.69) is 10.2 Å². The monoisotopic (exact) mass is 278 g/mol. The third kappa shape index (κ3) is 2.88. The van der Waals surface area contributed by atoms with Crippen molar-refractivity contribution in [3.8, 4) is 11.5 Å². The second-order valence-electron chi connectivity index (χ2n) is 5.71. The molecule has 1 aliphatic rings. The van der Waals surface area contributed by atoms with Crippen molar-refractivity contribution in [2.75, 3.05) is 20.6 Å². The van der Waals surface area contributed by atoms with Gasteiger partial charge in [0.15, 0.2) is 0 Å². The van der Waals surface area contributed by atoms with Crippen molar-refractivity contribution in [3.63, 3.8) is 0 Å². The van der Waals surface area contributed by atoms with Gasteiger partial charge in [-0.05, 0) is 39.1 Å². The highest BCUT2D eigenvalue weighted by Gasteiger charge is 2.36. The van der Waals surface area contributed by atoms with Crippen LogP contribution < -0.4 is 5.32 Å². The van der Waals surface area contributed by atoms with Gasteiger partial charge in [-0.25, -0.2) is 0 Å². The van der Waals surface area contributed by atoms with Crippen LogP contribution in [0.4, 0.5) is 0 Å². The van der Waals surface area contributed by atoms with E-state index in [0.29, 0.717) is 6.54 Å². The highest BCUT2D eigenvalue weighted by atomic mass is 16.3. The van der Waals surface area contributed by atoms with E-state index in [1.807, 2.05) is 14.1 Å². The van der Waals surface area contributed by atoms with E-state index in [9.17, 15) is 15.0 Å². The minimum atomic E-state index is -0.310. The summed E-state index contributed by atoms with van der Waals surface area (Å²) < 4.78 is 0. The van der Waals surface area contributed by atoms with Gasteiger partial charge < -0.3 is 20.4 Å². The summed E-state index contributed by atoms with van der Waals surface area (Å²) in [4.78, 5) is 14.3. The molecule has 0 saturated heterocycles. The molecule has 0 spiro atoms. The average molecular weight is 278 g/mol. The Labute approximate surface area is 119 Å². The van der Waals surface area contributed by atoms with Crippen LogP contribution in [0.25, 0.3) is 0 Å². The molecule has 1 aliphatic carbocycles. The first-order chi connectivity index (χ1) is 9.44. The van der Waals surface area contributed by atoms with Crippen molar-refractivity contribution in [2.24, 2.45) is 0 Å². The predicted molar refractivity (Wildman–Crippen MR) is 77.0 cm³/mol. The van der Waals surface area contributed by atoms with Gasteiger partial charge in [0.25, 0.3) is 5.91 Å². The van der Waals surface area contributed by atoms with Crippen molar-refractivity contribution >= 4 is 5.91 Å². The van der Waals surface area contributed by atoms with Gasteiger partial charge in [-0.1, -0.05) is 12.8 Å². The molecule has 0 aliphatic heterocycles.